The number of rotatable bonds is 7. The number of nitrogens with zero attached hydrogens (tertiary/aromatic N) is 2. The molecule has 150 valence electrons. The molecule has 2 heterocycles. The molecule has 0 spiro atoms. The third-order valence-electron chi connectivity index (χ3n) is 5.37. The number of piperidine rings is 1. The van der Waals surface area contributed by atoms with Crippen LogP contribution >= 0.6 is 11.3 Å². The molecule has 0 radical (unpaired) electrons. The third-order valence-corrected chi connectivity index (χ3v) is 6.36. The van der Waals surface area contributed by atoms with Crippen molar-refractivity contribution >= 4 is 28.2 Å². The monoisotopic (exact) mass is 399 g/mol. The molecule has 1 aromatic heterocycles. The second kappa shape index (κ2) is 9.85. The lowest BCUT2D eigenvalue weighted by molar-refractivity contribution is -0.115. The average Bonchev–Trinajstić information content (AvgIpc) is 3.20. The van der Waals surface area contributed by atoms with Gasteiger partial charge in [0.1, 0.15) is 0 Å². The van der Waals surface area contributed by atoms with Crippen molar-refractivity contribution in [2.24, 2.45) is 0 Å². The highest BCUT2D eigenvalue weighted by Crippen LogP contribution is 2.25. The van der Waals surface area contributed by atoms with Crippen LogP contribution in [0.25, 0.3) is 0 Å². The van der Waals surface area contributed by atoms with Gasteiger partial charge in [-0.05, 0) is 44.0 Å². The van der Waals surface area contributed by atoms with Gasteiger partial charge in [0.05, 0.1) is 9.88 Å². The molecule has 2 aromatic rings. The van der Waals surface area contributed by atoms with Gasteiger partial charge in [-0.1, -0.05) is 37.3 Å². The summed E-state index contributed by atoms with van der Waals surface area (Å²) in [6, 6.07) is 14.7. The largest absolute Gasteiger partial charge is 0.338 e. The Morgan fingerprint density at radius 2 is 1.86 bits per heavy atom. The van der Waals surface area contributed by atoms with Gasteiger partial charge in [0.15, 0.2) is 0 Å². The average molecular weight is 400 g/mol. The van der Waals surface area contributed by atoms with E-state index in [9.17, 15) is 9.59 Å². The summed E-state index contributed by atoms with van der Waals surface area (Å²) >= 11 is 1.36. The maximum atomic E-state index is 12.8. The molecule has 5 nitrogen and oxygen atoms in total. The van der Waals surface area contributed by atoms with E-state index in [2.05, 4.69) is 41.5 Å². The highest BCUT2D eigenvalue weighted by atomic mass is 32.1. The quantitative estimate of drug-likeness (QED) is 0.769. The van der Waals surface area contributed by atoms with Crippen LogP contribution in [0.3, 0.4) is 0 Å². The summed E-state index contributed by atoms with van der Waals surface area (Å²) in [6.07, 6.45) is 3.49. The van der Waals surface area contributed by atoms with Gasteiger partial charge in [0, 0.05) is 32.1 Å². The van der Waals surface area contributed by atoms with Crippen molar-refractivity contribution in [3.05, 3.63) is 52.9 Å². The summed E-state index contributed by atoms with van der Waals surface area (Å²) in [5.41, 5.74) is 1.37. The van der Waals surface area contributed by atoms with Gasteiger partial charge in [-0.2, -0.15) is 0 Å². The summed E-state index contributed by atoms with van der Waals surface area (Å²) in [5.74, 6) is 0.0487. The summed E-state index contributed by atoms with van der Waals surface area (Å²) in [4.78, 5) is 29.3. The molecule has 1 N–H and O–H groups in total. The summed E-state index contributed by atoms with van der Waals surface area (Å²) < 4.78 is 0. The highest BCUT2D eigenvalue weighted by Gasteiger charge is 2.26. The Labute approximate surface area is 171 Å². The molecule has 1 fully saturated rings. The normalized spacial score (nSPS) is 15.0. The number of benzene rings is 1. The number of nitrogens with one attached hydrogen (secondary N) is 1. The molecule has 28 heavy (non-hydrogen) atoms. The number of likely N-dealkylation sites (N-methyl/N-ethyl adjacent to an activating group) is 1. The standard InChI is InChI=1S/C22H29N3O2S/c1-3-20(26)23-21-10-9-19(28-21)22(27)25-15-12-18(13-16-25)24(2)14-11-17-7-5-4-6-8-17/h4-10,18H,3,11-16H2,1-2H3,(H,23,26). The number of amides is 2. The molecule has 1 aromatic carbocycles. The smallest absolute Gasteiger partial charge is 0.263 e. The zero-order valence-electron chi connectivity index (χ0n) is 16.7. The molecule has 0 atom stereocenters. The first-order valence-electron chi connectivity index (χ1n) is 10.00. The zero-order valence-corrected chi connectivity index (χ0v) is 17.5. The van der Waals surface area contributed by atoms with Gasteiger partial charge < -0.3 is 15.1 Å². The van der Waals surface area contributed by atoms with E-state index in [1.54, 1.807) is 0 Å². The van der Waals surface area contributed by atoms with Crippen molar-refractivity contribution < 1.29 is 9.59 Å². The van der Waals surface area contributed by atoms with Crippen LogP contribution in [0.1, 0.15) is 41.4 Å². The zero-order chi connectivity index (χ0) is 19.9. The molecule has 1 aliphatic rings. The van der Waals surface area contributed by atoms with Crippen molar-refractivity contribution in [3.8, 4) is 0 Å². The van der Waals surface area contributed by atoms with E-state index >= 15 is 0 Å². The Bertz CT molecular complexity index is 782. The number of carbonyl (C=O) groups excluding carboxylic acids is 2. The fourth-order valence-electron chi connectivity index (χ4n) is 3.54. The number of thiophene rings is 1. The lowest BCUT2D eigenvalue weighted by atomic mass is 10.0. The second-order valence-electron chi connectivity index (χ2n) is 7.31. The predicted molar refractivity (Wildman–Crippen MR) is 115 cm³/mol. The minimum atomic E-state index is -0.0276. The Hall–Kier alpha value is -2.18. The van der Waals surface area contributed by atoms with E-state index in [-0.39, 0.29) is 11.8 Å². The molecule has 0 saturated carbocycles. The van der Waals surface area contributed by atoms with E-state index in [0.717, 1.165) is 43.9 Å². The summed E-state index contributed by atoms with van der Waals surface area (Å²) in [7, 11) is 2.19. The molecule has 1 saturated heterocycles. The predicted octanol–water partition coefficient (Wildman–Crippen LogP) is 3.88. The van der Waals surface area contributed by atoms with Crippen LogP contribution in [-0.4, -0.2) is 54.3 Å². The summed E-state index contributed by atoms with van der Waals surface area (Å²) in [6.45, 7) is 4.42. The van der Waals surface area contributed by atoms with Crippen LogP contribution < -0.4 is 5.32 Å². The number of carbonyl (C=O) groups is 2. The molecule has 0 unspecified atom stereocenters. The van der Waals surface area contributed by atoms with Crippen LogP contribution in [0.15, 0.2) is 42.5 Å². The van der Waals surface area contributed by atoms with Crippen molar-refractivity contribution in [3.63, 3.8) is 0 Å². The topological polar surface area (TPSA) is 52.7 Å². The highest BCUT2D eigenvalue weighted by molar-refractivity contribution is 7.18. The van der Waals surface area contributed by atoms with Crippen LogP contribution in [0.4, 0.5) is 5.00 Å². The fourth-order valence-corrected chi connectivity index (χ4v) is 4.43. The molecule has 2 amide bonds. The third kappa shape index (κ3) is 5.42. The first-order chi connectivity index (χ1) is 13.6. The van der Waals surface area contributed by atoms with Crippen molar-refractivity contribution in [2.75, 3.05) is 32.0 Å². The SMILES string of the molecule is CCC(=O)Nc1ccc(C(=O)N2CCC(N(C)CCc3ccccc3)CC2)s1. The number of hydrogen-bond acceptors (Lipinski definition) is 4. The van der Waals surface area contributed by atoms with Crippen LogP contribution in [-0.2, 0) is 11.2 Å². The van der Waals surface area contributed by atoms with Crippen LogP contribution in [0.2, 0.25) is 0 Å². The van der Waals surface area contributed by atoms with E-state index in [4.69, 9.17) is 0 Å². The molecule has 3 rings (SSSR count). The Morgan fingerprint density at radius 3 is 2.54 bits per heavy atom. The van der Waals surface area contributed by atoms with E-state index in [1.165, 1.54) is 16.9 Å². The fraction of sp³-hybridized carbons (Fsp3) is 0.455. The van der Waals surface area contributed by atoms with Gasteiger partial charge in [-0.3, -0.25) is 9.59 Å². The Kier molecular flexibility index (Phi) is 7.23. The lowest BCUT2D eigenvalue weighted by Crippen LogP contribution is -2.45. The van der Waals surface area contributed by atoms with Crippen LogP contribution in [0.5, 0.6) is 0 Å². The minimum absolute atomic E-state index is 0.0276. The van der Waals surface area contributed by atoms with Gasteiger partial charge in [0.2, 0.25) is 5.91 Å². The van der Waals surface area contributed by atoms with Crippen molar-refractivity contribution in [1.82, 2.24) is 9.80 Å². The molecular weight excluding hydrogens is 370 g/mol. The summed E-state index contributed by atoms with van der Waals surface area (Å²) in [5, 5.41) is 3.56. The lowest BCUT2D eigenvalue weighted by Gasteiger charge is -2.36. The maximum Gasteiger partial charge on any atom is 0.263 e. The van der Waals surface area contributed by atoms with E-state index in [1.807, 2.05) is 30.0 Å². The number of likely N-dealkylation sites (tertiary alicyclic amines) is 1. The van der Waals surface area contributed by atoms with Gasteiger partial charge in [-0.25, -0.2) is 0 Å². The van der Waals surface area contributed by atoms with Crippen LogP contribution in [0, 0.1) is 0 Å². The first-order valence-corrected chi connectivity index (χ1v) is 10.8. The van der Waals surface area contributed by atoms with Gasteiger partial charge in [-0.15, -0.1) is 11.3 Å². The molecular formula is C22H29N3O2S. The maximum absolute atomic E-state index is 12.8. The Balaban J connectivity index is 1.46. The number of anilines is 1. The van der Waals surface area contributed by atoms with Gasteiger partial charge >= 0.3 is 0 Å². The molecule has 6 heteroatoms. The molecule has 0 bridgehead atoms. The first kappa shape index (κ1) is 20.6. The van der Waals surface area contributed by atoms with Crippen molar-refractivity contribution in [2.45, 2.75) is 38.6 Å². The number of hydrogen-bond donors (Lipinski definition) is 1. The Morgan fingerprint density at radius 1 is 1.14 bits per heavy atom. The van der Waals surface area contributed by atoms with E-state index < -0.39 is 0 Å². The minimum Gasteiger partial charge on any atom is -0.338 e. The second-order valence-corrected chi connectivity index (χ2v) is 8.39. The molecule has 0 aliphatic carbocycles. The van der Waals surface area contributed by atoms with Crippen molar-refractivity contribution in [1.29, 1.82) is 0 Å². The van der Waals surface area contributed by atoms with E-state index in [0.29, 0.717) is 17.3 Å². The van der Waals surface area contributed by atoms with Gasteiger partial charge in [0.25, 0.3) is 5.91 Å². The molecule has 1 aliphatic heterocycles.